The second-order valence-corrected chi connectivity index (χ2v) is 9.09. The van der Waals surface area contributed by atoms with Crippen molar-refractivity contribution in [3.8, 4) is 0 Å². The topological polar surface area (TPSA) is 91.0 Å². The van der Waals surface area contributed by atoms with E-state index in [9.17, 15) is 14.4 Å². The summed E-state index contributed by atoms with van der Waals surface area (Å²) in [6, 6.07) is 10.6. The molecule has 1 aromatic carbocycles. The average Bonchev–Trinajstić information content (AvgIpc) is 3.21. The first-order valence-corrected chi connectivity index (χ1v) is 11.7. The van der Waals surface area contributed by atoms with Crippen LogP contribution in [0.1, 0.15) is 29.9 Å². The number of anilines is 2. The summed E-state index contributed by atoms with van der Waals surface area (Å²) in [7, 11) is 0. The maximum atomic E-state index is 12.5. The van der Waals surface area contributed by atoms with Crippen molar-refractivity contribution in [1.29, 1.82) is 0 Å². The first-order chi connectivity index (χ1) is 15.4. The number of carbonyl (C=O) groups is 3. The summed E-state index contributed by atoms with van der Waals surface area (Å²) in [5.74, 6) is 0.0359. The van der Waals surface area contributed by atoms with Crippen molar-refractivity contribution >= 4 is 40.6 Å². The SMILES string of the molecule is CC(C)COC(=O)N1CCCN(CC(=O)Nc2ccc(NC(=O)c3cccs3)cc2)CC1. The van der Waals surface area contributed by atoms with Crippen LogP contribution < -0.4 is 10.6 Å². The molecule has 8 nitrogen and oxygen atoms in total. The highest BCUT2D eigenvalue weighted by atomic mass is 32.1. The predicted octanol–water partition coefficient (Wildman–Crippen LogP) is 3.74. The van der Waals surface area contributed by atoms with E-state index in [0.717, 1.165) is 13.0 Å². The van der Waals surface area contributed by atoms with E-state index in [2.05, 4.69) is 10.6 Å². The molecule has 0 spiro atoms. The van der Waals surface area contributed by atoms with Crippen LogP contribution in [0.4, 0.5) is 16.2 Å². The van der Waals surface area contributed by atoms with E-state index in [0.29, 0.717) is 48.4 Å². The van der Waals surface area contributed by atoms with Gasteiger partial charge in [-0.1, -0.05) is 19.9 Å². The number of hydrogen-bond acceptors (Lipinski definition) is 6. The monoisotopic (exact) mass is 458 g/mol. The normalized spacial score (nSPS) is 14.7. The van der Waals surface area contributed by atoms with Crippen LogP contribution in [0.25, 0.3) is 0 Å². The molecule has 172 valence electrons. The lowest BCUT2D eigenvalue weighted by atomic mass is 10.2. The third kappa shape index (κ3) is 7.35. The lowest BCUT2D eigenvalue weighted by Crippen LogP contribution is -2.38. The van der Waals surface area contributed by atoms with Gasteiger partial charge in [-0.15, -0.1) is 11.3 Å². The summed E-state index contributed by atoms with van der Waals surface area (Å²) < 4.78 is 5.31. The van der Waals surface area contributed by atoms with Crippen molar-refractivity contribution in [3.05, 3.63) is 46.7 Å². The smallest absolute Gasteiger partial charge is 0.409 e. The van der Waals surface area contributed by atoms with E-state index in [1.807, 2.05) is 30.2 Å². The van der Waals surface area contributed by atoms with Gasteiger partial charge in [0.15, 0.2) is 0 Å². The highest BCUT2D eigenvalue weighted by Crippen LogP contribution is 2.16. The van der Waals surface area contributed by atoms with Crippen molar-refractivity contribution in [3.63, 3.8) is 0 Å². The number of rotatable bonds is 7. The Morgan fingerprint density at radius 1 is 1.00 bits per heavy atom. The molecular formula is C23H30N4O4S. The molecule has 0 atom stereocenters. The van der Waals surface area contributed by atoms with E-state index in [-0.39, 0.29) is 24.5 Å². The number of carbonyl (C=O) groups excluding carboxylic acids is 3. The van der Waals surface area contributed by atoms with Crippen molar-refractivity contribution in [2.24, 2.45) is 5.92 Å². The van der Waals surface area contributed by atoms with Gasteiger partial charge in [0.2, 0.25) is 5.91 Å². The summed E-state index contributed by atoms with van der Waals surface area (Å²) in [6.07, 6.45) is 0.513. The molecule has 32 heavy (non-hydrogen) atoms. The standard InChI is InChI=1S/C23H30N4O4S/c1-17(2)16-31-23(30)27-11-4-10-26(12-13-27)15-21(28)24-18-6-8-19(9-7-18)25-22(29)20-5-3-14-32-20/h3,5-9,14,17H,4,10-13,15-16H2,1-2H3,(H,24,28)(H,25,29). The van der Waals surface area contributed by atoms with Crippen LogP contribution in [0, 0.1) is 5.92 Å². The second kappa shape index (κ2) is 11.6. The predicted molar refractivity (Wildman–Crippen MR) is 126 cm³/mol. The fourth-order valence-electron chi connectivity index (χ4n) is 3.28. The molecule has 0 unspecified atom stereocenters. The van der Waals surface area contributed by atoms with Gasteiger partial charge in [-0.2, -0.15) is 0 Å². The first-order valence-electron chi connectivity index (χ1n) is 10.8. The van der Waals surface area contributed by atoms with Crippen LogP contribution in [-0.2, 0) is 9.53 Å². The third-order valence-corrected chi connectivity index (χ3v) is 5.79. The lowest BCUT2D eigenvalue weighted by Gasteiger charge is -2.21. The minimum atomic E-state index is -0.281. The van der Waals surface area contributed by atoms with Crippen LogP contribution in [0.3, 0.4) is 0 Å². The van der Waals surface area contributed by atoms with Crippen molar-refractivity contribution in [2.75, 3.05) is 50.0 Å². The average molecular weight is 459 g/mol. The zero-order valence-corrected chi connectivity index (χ0v) is 19.3. The Bertz CT molecular complexity index is 899. The van der Waals surface area contributed by atoms with Gasteiger partial charge in [-0.25, -0.2) is 4.79 Å². The molecule has 1 aliphatic rings. The van der Waals surface area contributed by atoms with Gasteiger partial charge >= 0.3 is 6.09 Å². The van der Waals surface area contributed by atoms with E-state index < -0.39 is 0 Å². The second-order valence-electron chi connectivity index (χ2n) is 8.14. The van der Waals surface area contributed by atoms with Gasteiger partial charge in [-0.3, -0.25) is 14.5 Å². The molecule has 2 heterocycles. The quantitative estimate of drug-likeness (QED) is 0.660. The molecule has 0 saturated carbocycles. The number of ether oxygens (including phenoxy) is 1. The van der Waals surface area contributed by atoms with E-state index >= 15 is 0 Å². The number of nitrogens with one attached hydrogen (secondary N) is 2. The highest BCUT2D eigenvalue weighted by Gasteiger charge is 2.21. The summed E-state index contributed by atoms with van der Waals surface area (Å²) in [5, 5.41) is 7.58. The maximum absolute atomic E-state index is 12.5. The molecule has 1 aromatic heterocycles. The summed E-state index contributed by atoms with van der Waals surface area (Å²) in [4.78, 5) is 41.2. The Labute approximate surface area is 192 Å². The van der Waals surface area contributed by atoms with Crippen molar-refractivity contribution in [1.82, 2.24) is 9.80 Å². The highest BCUT2D eigenvalue weighted by molar-refractivity contribution is 7.12. The molecule has 0 radical (unpaired) electrons. The summed E-state index contributed by atoms with van der Waals surface area (Å²) >= 11 is 1.38. The van der Waals surface area contributed by atoms with Gasteiger partial charge < -0.3 is 20.3 Å². The van der Waals surface area contributed by atoms with Gasteiger partial charge in [0.25, 0.3) is 5.91 Å². The Hall–Kier alpha value is -2.91. The van der Waals surface area contributed by atoms with Gasteiger partial charge in [0.05, 0.1) is 18.0 Å². The van der Waals surface area contributed by atoms with Gasteiger partial charge in [0.1, 0.15) is 0 Å². The zero-order valence-electron chi connectivity index (χ0n) is 18.5. The molecule has 1 fully saturated rings. The number of hydrogen-bond donors (Lipinski definition) is 2. The largest absolute Gasteiger partial charge is 0.449 e. The zero-order chi connectivity index (χ0) is 22.9. The fraction of sp³-hybridized carbons (Fsp3) is 0.435. The molecule has 3 amide bonds. The molecule has 9 heteroatoms. The number of thiophene rings is 1. The first kappa shape index (κ1) is 23.7. The molecule has 1 aliphatic heterocycles. The van der Waals surface area contributed by atoms with E-state index in [1.165, 1.54) is 11.3 Å². The molecule has 2 N–H and O–H groups in total. The Morgan fingerprint density at radius 3 is 2.38 bits per heavy atom. The minimum Gasteiger partial charge on any atom is -0.449 e. The fourth-order valence-corrected chi connectivity index (χ4v) is 3.90. The van der Waals surface area contributed by atoms with Crippen LogP contribution in [-0.4, -0.2) is 67.0 Å². The number of benzene rings is 1. The Balaban J connectivity index is 1.43. The summed E-state index contributed by atoms with van der Waals surface area (Å²) in [6.45, 7) is 7.22. The van der Waals surface area contributed by atoms with E-state index in [1.54, 1.807) is 35.2 Å². The van der Waals surface area contributed by atoms with Crippen LogP contribution in [0.2, 0.25) is 0 Å². The molecule has 0 bridgehead atoms. The van der Waals surface area contributed by atoms with Crippen molar-refractivity contribution < 1.29 is 19.1 Å². The number of nitrogens with zero attached hydrogens (tertiary/aromatic N) is 2. The summed E-state index contributed by atoms with van der Waals surface area (Å²) in [5.41, 5.74) is 1.33. The van der Waals surface area contributed by atoms with Crippen molar-refractivity contribution in [2.45, 2.75) is 20.3 Å². The Kier molecular flexibility index (Phi) is 8.64. The molecule has 0 aliphatic carbocycles. The van der Waals surface area contributed by atoms with Crippen LogP contribution in [0.15, 0.2) is 41.8 Å². The number of amides is 3. The van der Waals surface area contributed by atoms with Crippen LogP contribution in [0.5, 0.6) is 0 Å². The lowest BCUT2D eigenvalue weighted by molar-refractivity contribution is -0.117. The third-order valence-electron chi connectivity index (χ3n) is 4.93. The molecular weight excluding hydrogens is 428 g/mol. The molecule has 3 rings (SSSR count). The van der Waals surface area contributed by atoms with Gasteiger partial charge in [-0.05, 0) is 48.1 Å². The Morgan fingerprint density at radius 2 is 1.72 bits per heavy atom. The molecule has 1 saturated heterocycles. The maximum Gasteiger partial charge on any atom is 0.409 e. The minimum absolute atomic E-state index is 0.115. The van der Waals surface area contributed by atoms with E-state index in [4.69, 9.17) is 4.74 Å². The van der Waals surface area contributed by atoms with Gasteiger partial charge in [0, 0.05) is 37.6 Å². The molecule has 2 aromatic rings. The van der Waals surface area contributed by atoms with Crippen LogP contribution >= 0.6 is 11.3 Å².